The Bertz CT molecular complexity index is 466. The molecule has 1 aliphatic carbocycles. The summed E-state index contributed by atoms with van der Waals surface area (Å²) in [6, 6.07) is 7.81. The number of benzene rings is 1. The van der Waals surface area contributed by atoms with E-state index in [9.17, 15) is 4.79 Å². The van der Waals surface area contributed by atoms with Crippen LogP contribution >= 0.6 is 0 Å². The molecule has 0 spiro atoms. The quantitative estimate of drug-likeness (QED) is 0.810. The minimum atomic E-state index is -0.328. The van der Waals surface area contributed by atoms with Crippen LogP contribution in [-0.4, -0.2) is 37.1 Å². The predicted octanol–water partition coefficient (Wildman–Crippen LogP) is 2.18. The zero-order valence-corrected chi connectivity index (χ0v) is 12.6. The molecule has 1 aliphatic rings. The van der Waals surface area contributed by atoms with Crippen LogP contribution in [0.15, 0.2) is 24.3 Å². The first-order valence-corrected chi connectivity index (χ1v) is 7.21. The van der Waals surface area contributed by atoms with E-state index in [0.29, 0.717) is 13.2 Å². The summed E-state index contributed by atoms with van der Waals surface area (Å²) in [5.74, 6) is 0.217. The highest BCUT2D eigenvalue weighted by atomic mass is 16.5. The van der Waals surface area contributed by atoms with Gasteiger partial charge in [0.15, 0.2) is 0 Å². The highest BCUT2D eigenvalue weighted by molar-refractivity contribution is 5.91. The third-order valence-corrected chi connectivity index (χ3v) is 4.16. The predicted molar refractivity (Wildman–Crippen MR) is 80.5 cm³/mol. The van der Waals surface area contributed by atoms with Gasteiger partial charge in [-0.1, -0.05) is 12.1 Å². The fourth-order valence-corrected chi connectivity index (χ4v) is 2.81. The fraction of sp³-hybridized carbons (Fsp3) is 0.562. The standard InChI is InChI=1S/C16H24N2O2/c1-4-18(12(2)11-20-3)15(19)16(9-10-16)13-5-7-14(17)8-6-13/h5-8,12H,4,9-11,17H2,1-3H3. The average Bonchev–Trinajstić information content (AvgIpc) is 3.22. The van der Waals surface area contributed by atoms with Crippen molar-refractivity contribution >= 4 is 11.6 Å². The van der Waals surface area contributed by atoms with Gasteiger partial charge in [-0.3, -0.25) is 4.79 Å². The fourth-order valence-electron chi connectivity index (χ4n) is 2.81. The highest BCUT2D eigenvalue weighted by Crippen LogP contribution is 2.50. The number of anilines is 1. The molecule has 4 nitrogen and oxygen atoms in total. The van der Waals surface area contributed by atoms with Crippen LogP contribution in [0.3, 0.4) is 0 Å². The maximum atomic E-state index is 12.9. The van der Waals surface area contributed by atoms with Gasteiger partial charge in [0.05, 0.1) is 18.1 Å². The zero-order chi connectivity index (χ0) is 14.8. The van der Waals surface area contributed by atoms with Crippen molar-refractivity contribution in [1.82, 2.24) is 4.90 Å². The molecule has 1 amide bonds. The first-order valence-electron chi connectivity index (χ1n) is 7.21. The number of nitrogens with zero attached hydrogens (tertiary/aromatic N) is 1. The highest BCUT2D eigenvalue weighted by Gasteiger charge is 2.53. The third-order valence-electron chi connectivity index (χ3n) is 4.16. The van der Waals surface area contributed by atoms with Crippen molar-refractivity contribution in [1.29, 1.82) is 0 Å². The van der Waals surface area contributed by atoms with Crippen molar-refractivity contribution in [2.75, 3.05) is 26.0 Å². The van der Waals surface area contributed by atoms with Crippen LogP contribution in [0.25, 0.3) is 0 Å². The van der Waals surface area contributed by atoms with Gasteiger partial charge in [-0.05, 0) is 44.4 Å². The molecule has 2 N–H and O–H groups in total. The summed E-state index contributed by atoms with van der Waals surface area (Å²) < 4.78 is 5.18. The van der Waals surface area contributed by atoms with Gasteiger partial charge in [0.25, 0.3) is 0 Å². The molecule has 110 valence electrons. The summed E-state index contributed by atoms with van der Waals surface area (Å²) in [6.45, 7) is 5.32. The maximum absolute atomic E-state index is 12.9. The van der Waals surface area contributed by atoms with Crippen LogP contribution < -0.4 is 5.73 Å². The van der Waals surface area contributed by atoms with Crippen molar-refractivity contribution < 1.29 is 9.53 Å². The van der Waals surface area contributed by atoms with Crippen molar-refractivity contribution in [3.8, 4) is 0 Å². The van der Waals surface area contributed by atoms with Gasteiger partial charge >= 0.3 is 0 Å². The van der Waals surface area contributed by atoms with Crippen LogP contribution in [-0.2, 0) is 14.9 Å². The van der Waals surface area contributed by atoms with Crippen molar-refractivity contribution in [2.24, 2.45) is 0 Å². The van der Waals surface area contributed by atoms with Crippen LogP contribution in [0.1, 0.15) is 32.3 Å². The lowest BCUT2D eigenvalue weighted by molar-refractivity contribution is -0.136. The Labute approximate surface area is 120 Å². The number of carbonyl (C=O) groups is 1. The summed E-state index contributed by atoms with van der Waals surface area (Å²) in [4.78, 5) is 14.8. The molecule has 4 heteroatoms. The van der Waals surface area contributed by atoms with E-state index < -0.39 is 0 Å². The van der Waals surface area contributed by atoms with Gasteiger partial charge in [-0.2, -0.15) is 0 Å². The number of ether oxygens (including phenoxy) is 1. The van der Waals surface area contributed by atoms with Crippen LogP contribution in [0.5, 0.6) is 0 Å². The smallest absolute Gasteiger partial charge is 0.233 e. The topological polar surface area (TPSA) is 55.6 Å². The summed E-state index contributed by atoms with van der Waals surface area (Å²) in [5, 5.41) is 0. The second-order valence-electron chi connectivity index (χ2n) is 5.60. The molecular formula is C16H24N2O2. The zero-order valence-electron chi connectivity index (χ0n) is 12.6. The number of hydrogen-bond acceptors (Lipinski definition) is 3. The van der Waals surface area contributed by atoms with E-state index in [1.54, 1.807) is 7.11 Å². The summed E-state index contributed by atoms with van der Waals surface area (Å²) in [6.07, 6.45) is 1.85. The molecule has 2 rings (SSSR count). The normalized spacial score (nSPS) is 17.6. The van der Waals surface area contributed by atoms with E-state index in [2.05, 4.69) is 0 Å². The lowest BCUT2D eigenvalue weighted by atomic mass is 9.93. The van der Waals surface area contributed by atoms with E-state index in [-0.39, 0.29) is 17.4 Å². The molecule has 0 heterocycles. The van der Waals surface area contributed by atoms with Gasteiger partial charge < -0.3 is 15.4 Å². The van der Waals surface area contributed by atoms with Crippen LogP contribution in [0.2, 0.25) is 0 Å². The molecule has 1 atom stereocenters. The maximum Gasteiger partial charge on any atom is 0.233 e. The van der Waals surface area contributed by atoms with Crippen molar-refractivity contribution in [3.05, 3.63) is 29.8 Å². The summed E-state index contributed by atoms with van der Waals surface area (Å²) >= 11 is 0. The van der Waals surface area contributed by atoms with E-state index in [4.69, 9.17) is 10.5 Å². The molecule has 1 fully saturated rings. The number of carbonyl (C=O) groups excluding carboxylic acids is 1. The van der Waals surface area contributed by atoms with Gasteiger partial charge in [0.1, 0.15) is 0 Å². The Morgan fingerprint density at radius 3 is 2.45 bits per heavy atom. The molecule has 0 radical (unpaired) electrons. The monoisotopic (exact) mass is 276 g/mol. The summed E-state index contributed by atoms with van der Waals surface area (Å²) in [5.41, 5.74) is 7.22. The molecule has 0 bridgehead atoms. The number of hydrogen-bond donors (Lipinski definition) is 1. The van der Waals surface area contributed by atoms with Gasteiger partial charge in [-0.15, -0.1) is 0 Å². The van der Waals surface area contributed by atoms with Gasteiger partial charge in [-0.25, -0.2) is 0 Å². The molecular weight excluding hydrogens is 252 g/mol. The van der Waals surface area contributed by atoms with Gasteiger partial charge in [0.2, 0.25) is 5.91 Å². The minimum absolute atomic E-state index is 0.101. The average molecular weight is 276 g/mol. The number of nitrogen functional groups attached to an aromatic ring is 1. The Balaban J connectivity index is 2.20. The van der Waals surface area contributed by atoms with E-state index >= 15 is 0 Å². The third kappa shape index (κ3) is 2.66. The minimum Gasteiger partial charge on any atom is -0.399 e. The molecule has 1 aromatic carbocycles. The van der Waals surface area contributed by atoms with E-state index in [1.807, 2.05) is 43.0 Å². The molecule has 0 aromatic heterocycles. The van der Waals surface area contributed by atoms with Crippen molar-refractivity contribution in [2.45, 2.75) is 38.1 Å². The first-order chi connectivity index (χ1) is 9.55. The molecule has 1 unspecified atom stereocenters. The molecule has 0 saturated heterocycles. The number of rotatable bonds is 6. The SMILES string of the molecule is CCN(C(=O)C1(c2ccc(N)cc2)CC1)C(C)COC. The lowest BCUT2D eigenvalue weighted by Gasteiger charge is -2.31. The van der Waals surface area contributed by atoms with Gasteiger partial charge in [0, 0.05) is 19.3 Å². The Morgan fingerprint density at radius 1 is 1.40 bits per heavy atom. The Hall–Kier alpha value is -1.55. The number of likely N-dealkylation sites (N-methyl/N-ethyl adjacent to an activating group) is 1. The molecule has 0 aliphatic heterocycles. The van der Waals surface area contributed by atoms with Crippen LogP contribution in [0, 0.1) is 0 Å². The van der Waals surface area contributed by atoms with E-state index in [0.717, 1.165) is 24.1 Å². The molecule has 20 heavy (non-hydrogen) atoms. The summed E-state index contributed by atoms with van der Waals surface area (Å²) in [7, 11) is 1.67. The van der Waals surface area contributed by atoms with Crippen molar-refractivity contribution in [3.63, 3.8) is 0 Å². The largest absolute Gasteiger partial charge is 0.399 e. The van der Waals surface area contributed by atoms with E-state index in [1.165, 1.54) is 0 Å². The lowest BCUT2D eigenvalue weighted by Crippen LogP contribution is -2.46. The Morgan fingerprint density at radius 2 is 2.00 bits per heavy atom. The second kappa shape index (κ2) is 5.83. The second-order valence-corrected chi connectivity index (χ2v) is 5.60. The number of nitrogens with two attached hydrogens (primary N) is 1. The molecule has 1 saturated carbocycles. The van der Waals surface area contributed by atoms with Crippen LogP contribution in [0.4, 0.5) is 5.69 Å². The molecule has 1 aromatic rings. The first kappa shape index (κ1) is 14.9. The number of amides is 1. The number of methoxy groups -OCH3 is 1. The Kier molecular flexibility index (Phi) is 4.33.